The second-order valence-electron chi connectivity index (χ2n) is 9.40. The maximum atomic E-state index is 13.6. The first-order valence-corrected chi connectivity index (χ1v) is 12.3. The summed E-state index contributed by atoms with van der Waals surface area (Å²) < 4.78 is 1.07. The summed E-state index contributed by atoms with van der Waals surface area (Å²) in [5.74, 6) is 0.123. The molecule has 162 valence electrons. The van der Waals surface area contributed by atoms with Crippen LogP contribution in [0.1, 0.15) is 12.0 Å². The van der Waals surface area contributed by atoms with E-state index in [1.165, 1.54) is 4.90 Å². The van der Waals surface area contributed by atoms with Crippen LogP contribution in [-0.4, -0.2) is 28.7 Å². The van der Waals surface area contributed by atoms with Crippen LogP contribution < -0.4 is 5.32 Å². The molecule has 7 atom stereocenters. The Bertz CT molecular complexity index is 1090. The first kappa shape index (κ1) is 20.1. The van der Waals surface area contributed by atoms with Gasteiger partial charge in [0.05, 0.1) is 11.8 Å². The zero-order chi connectivity index (χ0) is 22.0. The Balaban J connectivity index is 1.33. The minimum absolute atomic E-state index is 0.146. The van der Waals surface area contributed by atoms with Crippen LogP contribution in [0.4, 0.5) is 5.69 Å². The Hall–Kier alpha value is -2.48. The lowest BCUT2D eigenvalue weighted by Crippen LogP contribution is -2.49. The summed E-state index contributed by atoms with van der Waals surface area (Å²) in [6.45, 7) is 0. The molecule has 3 amide bonds. The molecule has 0 radical (unpaired) electrons. The Morgan fingerprint density at radius 3 is 2.12 bits per heavy atom. The van der Waals surface area contributed by atoms with Gasteiger partial charge in [0.15, 0.2) is 0 Å². The van der Waals surface area contributed by atoms with Gasteiger partial charge in [0.25, 0.3) is 0 Å². The third-order valence-electron chi connectivity index (χ3n) is 7.69. The number of likely N-dealkylation sites (tertiary alicyclic amines) is 1. The molecular weight excluding hydrogens is 515 g/mol. The van der Waals surface area contributed by atoms with Crippen molar-refractivity contribution >= 4 is 46.0 Å². The van der Waals surface area contributed by atoms with Crippen molar-refractivity contribution in [1.29, 1.82) is 0 Å². The molecule has 5 aliphatic rings. The highest BCUT2D eigenvalue weighted by Crippen LogP contribution is 2.65. The van der Waals surface area contributed by atoms with Gasteiger partial charge in [-0.2, -0.15) is 0 Å². The highest BCUT2D eigenvalue weighted by molar-refractivity contribution is 14.1. The highest BCUT2D eigenvalue weighted by atomic mass is 127. The van der Waals surface area contributed by atoms with Crippen molar-refractivity contribution in [2.24, 2.45) is 35.5 Å². The average molecular weight is 538 g/mol. The van der Waals surface area contributed by atoms with E-state index >= 15 is 0 Å². The maximum Gasteiger partial charge on any atom is 0.248 e. The lowest BCUT2D eigenvalue weighted by molar-refractivity contribution is -0.146. The maximum absolute atomic E-state index is 13.6. The molecule has 0 spiro atoms. The van der Waals surface area contributed by atoms with Crippen molar-refractivity contribution in [1.82, 2.24) is 4.90 Å². The van der Waals surface area contributed by atoms with Crippen LogP contribution in [0.15, 0.2) is 66.7 Å². The van der Waals surface area contributed by atoms with Gasteiger partial charge in [-0.25, -0.2) is 0 Å². The van der Waals surface area contributed by atoms with Crippen LogP contribution >= 0.6 is 22.6 Å². The molecule has 3 fully saturated rings. The number of carbonyl (C=O) groups excluding carboxylic acids is 3. The van der Waals surface area contributed by atoms with Gasteiger partial charge in [0.1, 0.15) is 6.04 Å². The molecule has 2 aromatic carbocycles. The number of anilines is 1. The van der Waals surface area contributed by atoms with E-state index in [-0.39, 0.29) is 41.4 Å². The Morgan fingerprint density at radius 1 is 0.938 bits per heavy atom. The number of carbonyl (C=O) groups is 3. The number of halogens is 1. The molecule has 0 unspecified atom stereocenters. The molecule has 2 aromatic rings. The average Bonchev–Trinajstić information content (AvgIpc) is 3.58. The summed E-state index contributed by atoms with van der Waals surface area (Å²) in [6.07, 6.45) is 5.75. The van der Waals surface area contributed by atoms with Crippen molar-refractivity contribution in [2.75, 3.05) is 5.32 Å². The van der Waals surface area contributed by atoms with Crippen LogP contribution in [0, 0.1) is 39.1 Å². The van der Waals surface area contributed by atoms with E-state index in [1.54, 1.807) is 0 Å². The van der Waals surface area contributed by atoms with Crippen LogP contribution in [0.25, 0.3) is 0 Å². The normalized spacial score (nSPS) is 32.5. The van der Waals surface area contributed by atoms with E-state index in [1.807, 2.05) is 54.6 Å². The molecule has 2 bridgehead atoms. The van der Waals surface area contributed by atoms with Crippen molar-refractivity contribution in [3.05, 3.63) is 75.9 Å². The van der Waals surface area contributed by atoms with E-state index in [4.69, 9.17) is 0 Å². The van der Waals surface area contributed by atoms with Gasteiger partial charge in [0.2, 0.25) is 17.7 Å². The zero-order valence-electron chi connectivity index (χ0n) is 17.4. The molecule has 5 nitrogen and oxygen atoms in total. The van der Waals surface area contributed by atoms with Crippen molar-refractivity contribution in [2.45, 2.75) is 18.9 Å². The van der Waals surface area contributed by atoms with Gasteiger partial charge in [-0.1, -0.05) is 42.5 Å². The van der Waals surface area contributed by atoms with Gasteiger partial charge in [-0.3, -0.25) is 19.3 Å². The van der Waals surface area contributed by atoms with E-state index in [9.17, 15) is 14.4 Å². The van der Waals surface area contributed by atoms with E-state index < -0.39 is 6.04 Å². The number of rotatable bonds is 5. The molecule has 4 aliphatic carbocycles. The minimum Gasteiger partial charge on any atom is -0.324 e. The SMILES string of the molecule is O=C(Nc1ccc(I)cc1)[C@H](Cc1ccccc1)N1C(=O)[C@H]2[C@@H]3C=C[C@H]([C@H]4C[C@H]34)[C@@H]2C1=O. The van der Waals surface area contributed by atoms with Crippen LogP contribution in [0.2, 0.25) is 0 Å². The van der Waals surface area contributed by atoms with Crippen molar-refractivity contribution in [3.8, 4) is 0 Å². The standard InChI is InChI=1S/C26H23IN2O3/c27-15-6-8-16(9-7-15)28-24(30)21(12-14-4-2-1-3-5-14)29-25(31)22-17-10-11-18(20-13-19(17)20)23(22)26(29)32/h1-11,17-23H,12-13H2,(H,28,30)/t17-,18-,19-,20-,21+,22+,23+/m1/s1. The Kier molecular flexibility index (Phi) is 4.75. The summed E-state index contributed by atoms with van der Waals surface area (Å²) in [6, 6.07) is 16.3. The molecule has 1 aliphatic heterocycles. The number of hydrogen-bond acceptors (Lipinski definition) is 3. The van der Waals surface area contributed by atoms with Crippen LogP contribution in [0.5, 0.6) is 0 Å². The number of nitrogens with zero attached hydrogens (tertiary/aromatic N) is 1. The molecule has 1 saturated heterocycles. The fourth-order valence-electron chi connectivity index (χ4n) is 6.18. The van der Waals surface area contributed by atoms with Gasteiger partial charge in [-0.15, -0.1) is 0 Å². The lowest BCUT2D eigenvalue weighted by atomic mass is 9.63. The molecule has 0 aromatic heterocycles. The third kappa shape index (κ3) is 3.14. The molecule has 7 rings (SSSR count). The predicted octanol–water partition coefficient (Wildman–Crippen LogP) is 3.89. The number of amides is 3. The topological polar surface area (TPSA) is 66.5 Å². The first-order chi connectivity index (χ1) is 15.5. The molecule has 1 heterocycles. The quantitative estimate of drug-likeness (QED) is 0.357. The number of hydrogen-bond donors (Lipinski definition) is 1. The van der Waals surface area contributed by atoms with Gasteiger partial charge >= 0.3 is 0 Å². The number of nitrogens with one attached hydrogen (secondary N) is 1. The largest absolute Gasteiger partial charge is 0.324 e. The Morgan fingerprint density at radius 2 is 1.53 bits per heavy atom. The summed E-state index contributed by atoms with van der Waals surface area (Å²) in [4.78, 5) is 42.0. The zero-order valence-corrected chi connectivity index (χ0v) is 19.5. The summed E-state index contributed by atoms with van der Waals surface area (Å²) in [5.41, 5.74) is 1.59. The molecule has 2 saturated carbocycles. The molecule has 32 heavy (non-hydrogen) atoms. The van der Waals surface area contributed by atoms with Crippen LogP contribution in [0.3, 0.4) is 0 Å². The van der Waals surface area contributed by atoms with Gasteiger partial charge < -0.3 is 5.32 Å². The monoisotopic (exact) mass is 538 g/mol. The molecular formula is C26H23IN2O3. The van der Waals surface area contributed by atoms with E-state index in [0.29, 0.717) is 23.9 Å². The van der Waals surface area contributed by atoms with E-state index in [0.717, 1.165) is 15.6 Å². The summed E-state index contributed by atoms with van der Waals surface area (Å²) in [5, 5.41) is 2.94. The molecule has 1 N–H and O–H groups in total. The summed E-state index contributed by atoms with van der Waals surface area (Å²) >= 11 is 2.21. The molecule has 6 heteroatoms. The van der Waals surface area contributed by atoms with Gasteiger partial charge in [-0.05, 0) is 82.5 Å². The second-order valence-corrected chi connectivity index (χ2v) is 10.6. The fraction of sp³-hybridized carbons (Fsp3) is 0.346. The lowest BCUT2D eigenvalue weighted by Gasteiger charge is -2.37. The van der Waals surface area contributed by atoms with E-state index in [2.05, 4.69) is 40.1 Å². The third-order valence-corrected chi connectivity index (χ3v) is 8.41. The number of allylic oxidation sites excluding steroid dienone is 2. The van der Waals surface area contributed by atoms with Crippen molar-refractivity contribution in [3.63, 3.8) is 0 Å². The second kappa shape index (κ2) is 7.54. The predicted molar refractivity (Wildman–Crippen MR) is 128 cm³/mol. The first-order valence-electron chi connectivity index (χ1n) is 11.2. The minimum atomic E-state index is -0.863. The summed E-state index contributed by atoms with van der Waals surface area (Å²) in [7, 11) is 0. The highest BCUT2D eigenvalue weighted by Gasteiger charge is 2.67. The Labute approximate surface area is 200 Å². The number of imide groups is 1. The smallest absolute Gasteiger partial charge is 0.248 e. The number of benzene rings is 2. The van der Waals surface area contributed by atoms with Crippen LogP contribution in [-0.2, 0) is 20.8 Å². The van der Waals surface area contributed by atoms with Gasteiger partial charge in [0, 0.05) is 15.7 Å². The van der Waals surface area contributed by atoms with Crippen molar-refractivity contribution < 1.29 is 14.4 Å². The fourth-order valence-corrected chi connectivity index (χ4v) is 6.54.